The van der Waals surface area contributed by atoms with E-state index in [2.05, 4.69) is 29.6 Å². The maximum atomic E-state index is 5.49. The van der Waals surface area contributed by atoms with Crippen molar-refractivity contribution in [2.45, 2.75) is 32.0 Å². The minimum atomic E-state index is 0.462. The topological polar surface area (TPSA) is 21.3 Å². The molecule has 0 unspecified atom stereocenters. The van der Waals surface area contributed by atoms with Gasteiger partial charge in [0.25, 0.3) is 0 Å². The maximum absolute atomic E-state index is 5.49. The molecule has 0 bridgehead atoms. The molecule has 0 spiro atoms. The van der Waals surface area contributed by atoms with E-state index in [1.165, 1.54) is 12.0 Å². The molecular formula is C12H17NO. The van der Waals surface area contributed by atoms with Crippen molar-refractivity contribution in [3.05, 3.63) is 35.9 Å². The van der Waals surface area contributed by atoms with E-state index in [9.17, 15) is 0 Å². The first-order valence-corrected chi connectivity index (χ1v) is 5.29. The van der Waals surface area contributed by atoms with E-state index >= 15 is 0 Å². The van der Waals surface area contributed by atoms with Crippen LogP contribution in [0.15, 0.2) is 30.3 Å². The number of rotatable bonds is 5. The van der Waals surface area contributed by atoms with Gasteiger partial charge in [-0.15, -0.1) is 0 Å². The van der Waals surface area contributed by atoms with E-state index < -0.39 is 0 Å². The van der Waals surface area contributed by atoms with Crippen molar-refractivity contribution >= 4 is 0 Å². The second-order valence-electron chi connectivity index (χ2n) is 3.70. The smallest absolute Gasteiger partial charge is 0.0744 e. The van der Waals surface area contributed by atoms with Crippen molar-refractivity contribution < 1.29 is 4.74 Å². The van der Waals surface area contributed by atoms with Crippen LogP contribution in [0, 0.1) is 0 Å². The fourth-order valence-corrected chi connectivity index (χ4v) is 1.63. The van der Waals surface area contributed by atoms with Crippen LogP contribution in [0.1, 0.15) is 18.9 Å². The van der Waals surface area contributed by atoms with Gasteiger partial charge in [-0.05, 0) is 18.9 Å². The van der Waals surface area contributed by atoms with Gasteiger partial charge >= 0.3 is 0 Å². The molecule has 1 aromatic rings. The highest BCUT2D eigenvalue weighted by atomic mass is 16.5. The third-order valence-electron chi connectivity index (χ3n) is 2.52. The molecule has 2 heteroatoms. The van der Waals surface area contributed by atoms with E-state index in [-0.39, 0.29) is 0 Å². The molecule has 1 aromatic carbocycles. The lowest BCUT2D eigenvalue weighted by atomic mass is 10.2. The van der Waals surface area contributed by atoms with Gasteiger partial charge in [-0.2, -0.15) is 0 Å². The lowest BCUT2D eigenvalue weighted by Gasteiger charge is -2.03. The van der Waals surface area contributed by atoms with Gasteiger partial charge in [-0.1, -0.05) is 30.3 Å². The van der Waals surface area contributed by atoms with Gasteiger partial charge in [0.1, 0.15) is 0 Å². The molecule has 1 saturated carbocycles. The fraction of sp³-hybridized carbons (Fsp3) is 0.500. The SMILES string of the molecule is CCO[C@@H]1C[C@H]1NCc1ccccc1. The highest BCUT2D eigenvalue weighted by molar-refractivity contribution is 5.14. The fourth-order valence-electron chi connectivity index (χ4n) is 1.63. The predicted octanol–water partition coefficient (Wildman–Crippen LogP) is 1.95. The zero-order valence-electron chi connectivity index (χ0n) is 8.57. The van der Waals surface area contributed by atoms with E-state index in [4.69, 9.17) is 4.74 Å². The summed E-state index contributed by atoms with van der Waals surface area (Å²) in [4.78, 5) is 0. The number of hydrogen-bond donors (Lipinski definition) is 1. The van der Waals surface area contributed by atoms with Crippen LogP contribution in [0.4, 0.5) is 0 Å². The number of ether oxygens (including phenoxy) is 1. The molecule has 1 fully saturated rings. The van der Waals surface area contributed by atoms with Gasteiger partial charge in [0.05, 0.1) is 6.10 Å². The Hall–Kier alpha value is -0.860. The van der Waals surface area contributed by atoms with E-state index in [1.54, 1.807) is 0 Å². The Morgan fingerprint density at radius 1 is 1.36 bits per heavy atom. The normalized spacial score (nSPS) is 24.9. The Morgan fingerprint density at radius 2 is 2.14 bits per heavy atom. The predicted molar refractivity (Wildman–Crippen MR) is 57.1 cm³/mol. The summed E-state index contributed by atoms with van der Waals surface area (Å²) in [6.07, 6.45) is 1.63. The zero-order chi connectivity index (χ0) is 9.80. The molecule has 2 rings (SSSR count). The Kier molecular flexibility index (Phi) is 3.17. The largest absolute Gasteiger partial charge is 0.377 e. The second-order valence-corrected chi connectivity index (χ2v) is 3.70. The molecule has 0 aromatic heterocycles. The summed E-state index contributed by atoms with van der Waals surface area (Å²) >= 11 is 0. The van der Waals surface area contributed by atoms with Gasteiger partial charge in [-0.25, -0.2) is 0 Å². The van der Waals surface area contributed by atoms with Gasteiger partial charge < -0.3 is 10.1 Å². The molecule has 0 radical (unpaired) electrons. The van der Waals surface area contributed by atoms with Crippen LogP contribution < -0.4 is 5.32 Å². The zero-order valence-corrected chi connectivity index (χ0v) is 8.57. The third-order valence-corrected chi connectivity index (χ3v) is 2.52. The highest BCUT2D eigenvalue weighted by Gasteiger charge is 2.37. The molecule has 0 saturated heterocycles. The average Bonchev–Trinajstić information content (AvgIpc) is 2.96. The Balaban J connectivity index is 1.70. The van der Waals surface area contributed by atoms with Crippen molar-refractivity contribution in [2.24, 2.45) is 0 Å². The van der Waals surface area contributed by atoms with Gasteiger partial charge in [-0.3, -0.25) is 0 Å². The van der Waals surface area contributed by atoms with Crippen molar-refractivity contribution in [1.82, 2.24) is 5.32 Å². The molecule has 0 heterocycles. The van der Waals surface area contributed by atoms with Crippen LogP contribution in [-0.2, 0) is 11.3 Å². The van der Waals surface area contributed by atoms with E-state index in [0.717, 1.165) is 13.2 Å². The third kappa shape index (κ3) is 2.56. The molecule has 2 atom stereocenters. The minimum Gasteiger partial charge on any atom is -0.377 e. The molecular weight excluding hydrogens is 174 g/mol. The highest BCUT2D eigenvalue weighted by Crippen LogP contribution is 2.25. The molecule has 1 aliphatic rings. The molecule has 14 heavy (non-hydrogen) atoms. The van der Waals surface area contributed by atoms with Gasteiger partial charge in [0.2, 0.25) is 0 Å². The van der Waals surface area contributed by atoms with Crippen LogP contribution in [-0.4, -0.2) is 18.8 Å². The summed E-state index contributed by atoms with van der Waals surface area (Å²) in [5, 5.41) is 3.48. The first-order valence-electron chi connectivity index (χ1n) is 5.29. The lowest BCUT2D eigenvalue weighted by molar-refractivity contribution is 0.125. The molecule has 2 nitrogen and oxygen atoms in total. The van der Waals surface area contributed by atoms with Crippen molar-refractivity contribution in [3.8, 4) is 0 Å². The van der Waals surface area contributed by atoms with Crippen LogP contribution in [0.2, 0.25) is 0 Å². The second kappa shape index (κ2) is 4.58. The summed E-state index contributed by atoms with van der Waals surface area (Å²) in [7, 11) is 0. The lowest BCUT2D eigenvalue weighted by Crippen LogP contribution is -2.19. The van der Waals surface area contributed by atoms with E-state index in [1.807, 2.05) is 13.0 Å². The minimum absolute atomic E-state index is 0.462. The molecule has 1 aliphatic carbocycles. The number of benzene rings is 1. The Morgan fingerprint density at radius 3 is 2.86 bits per heavy atom. The molecule has 0 aliphatic heterocycles. The molecule has 0 amide bonds. The van der Waals surface area contributed by atoms with Gasteiger partial charge in [0, 0.05) is 19.2 Å². The first kappa shape index (κ1) is 9.69. The van der Waals surface area contributed by atoms with Crippen LogP contribution in [0.25, 0.3) is 0 Å². The van der Waals surface area contributed by atoms with Crippen molar-refractivity contribution in [2.75, 3.05) is 6.61 Å². The Bertz CT molecular complexity index is 273. The summed E-state index contributed by atoms with van der Waals surface area (Å²) in [5.74, 6) is 0. The van der Waals surface area contributed by atoms with Gasteiger partial charge in [0.15, 0.2) is 0 Å². The summed E-state index contributed by atoms with van der Waals surface area (Å²) < 4.78 is 5.49. The Labute approximate surface area is 85.3 Å². The summed E-state index contributed by atoms with van der Waals surface area (Å²) in [5.41, 5.74) is 1.34. The molecule has 76 valence electrons. The molecule has 1 N–H and O–H groups in total. The average molecular weight is 191 g/mol. The monoisotopic (exact) mass is 191 g/mol. The number of nitrogens with one attached hydrogen (secondary N) is 1. The number of hydrogen-bond acceptors (Lipinski definition) is 2. The quantitative estimate of drug-likeness (QED) is 0.768. The van der Waals surface area contributed by atoms with Crippen LogP contribution in [0.3, 0.4) is 0 Å². The summed E-state index contributed by atoms with van der Waals surface area (Å²) in [6, 6.07) is 11.1. The van der Waals surface area contributed by atoms with Crippen molar-refractivity contribution in [1.29, 1.82) is 0 Å². The first-order chi connectivity index (χ1) is 6.90. The van der Waals surface area contributed by atoms with Crippen LogP contribution in [0.5, 0.6) is 0 Å². The standard InChI is InChI=1S/C12H17NO/c1-2-14-12-8-11(12)13-9-10-6-4-3-5-7-10/h3-7,11-13H,2,8-9H2,1H3/t11-,12-/m1/s1. The van der Waals surface area contributed by atoms with E-state index in [0.29, 0.717) is 12.1 Å². The summed E-state index contributed by atoms with van der Waals surface area (Å²) in [6.45, 7) is 3.83. The maximum Gasteiger partial charge on any atom is 0.0744 e. The van der Waals surface area contributed by atoms with Crippen molar-refractivity contribution in [3.63, 3.8) is 0 Å². The van der Waals surface area contributed by atoms with Crippen LogP contribution >= 0.6 is 0 Å².